The summed E-state index contributed by atoms with van der Waals surface area (Å²) in [6.45, 7) is 3.59. The summed E-state index contributed by atoms with van der Waals surface area (Å²) in [4.78, 5) is 0. The van der Waals surface area contributed by atoms with Crippen LogP contribution in [0.3, 0.4) is 0 Å². The zero-order valence-electron chi connectivity index (χ0n) is 11.4. The Hall–Kier alpha value is -1.86. The average Bonchev–Trinajstić information content (AvgIpc) is 2.45. The number of aryl methyl sites for hydroxylation is 1. The molecule has 0 spiro atoms. The van der Waals surface area contributed by atoms with E-state index in [9.17, 15) is 0 Å². The van der Waals surface area contributed by atoms with Crippen molar-refractivity contribution in [3.05, 3.63) is 77.4 Å². The fourth-order valence-electron chi connectivity index (χ4n) is 1.90. The molecular formula is C18H20O. The van der Waals surface area contributed by atoms with Crippen LogP contribution >= 0.6 is 0 Å². The quantitative estimate of drug-likeness (QED) is 0.682. The molecule has 0 heterocycles. The van der Waals surface area contributed by atoms with Crippen molar-refractivity contribution in [3.8, 4) is 0 Å². The van der Waals surface area contributed by atoms with E-state index in [2.05, 4.69) is 55.5 Å². The molecule has 0 saturated carbocycles. The summed E-state index contributed by atoms with van der Waals surface area (Å²) in [6.07, 6.45) is 5.29. The van der Waals surface area contributed by atoms with Crippen LogP contribution in [-0.2, 0) is 11.3 Å². The number of ether oxygens (including phenoxy) is 1. The molecule has 0 aliphatic carbocycles. The highest BCUT2D eigenvalue weighted by Crippen LogP contribution is 2.09. The lowest BCUT2D eigenvalue weighted by atomic mass is 10.1. The molecule has 0 amide bonds. The van der Waals surface area contributed by atoms with Gasteiger partial charge < -0.3 is 4.74 Å². The van der Waals surface area contributed by atoms with E-state index in [0.29, 0.717) is 6.61 Å². The first-order chi connectivity index (χ1) is 9.36. The van der Waals surface area contributed by atoms with Crippen molar-refractivity contribution in [2.24, 2.45) is 0 Å². The van der Waals surface area contributed by atoms with E-state index in [4.69, 9.17) is 4.74 Å². The van der Waals surface area contributed by atoms with Gasteiger partial charge >= 0.3 is 0 Å². The lowest BCUT2D eigenvalue weighted by Crippen LogP contribution is -1.93. The summed E-state index contributed by atoms with van der Waals surface area (Å²) in [6, 6.07) is 18.7. The normalized spacial score (nSPS) is 11.0. The van der Waals surface area contributed by atoms with Gasteiger partial charge in [0.2, 0.25) is 0 Å². The molecule has 0 fully saturated rings. The minimum Gasteiger partial charge on any atom is -0.376 e. The van der Waals surface area contributed by atoms with Crippen LogP contribution in [-0.4, -0.2) is 6.61 Å². The van der Waals surface area contributed by atoms with Gasteiger partial charge in [0.15, 0.2) is 0 Å². The largest absolute Gasteiger partial charge is 0.376 e. The van der Waals surface area contributed by atoms with Crippen molar-refractivity contribution in [1.82, 2.24) is 0 Å². The van der Waals surface area contributed by atoms with E-state index in [0.717, 1.165) is 13.0 Å². The standard InChI is InChI=1S/C18H20O/c1-16-9-5-6-12-18(16)13-7-8-14-19-15-17-10-3-2-4-11-17/h2-7,9-13H,8,14-15H2,1H3. The summed E-state index contributed by atoms with van der Waals surface area (Å²) in [7, 11) is 0. The molecule has 0 aliphatic heterocycles. The maximum absolute atomic E-state index is 5.64. The summed E-state index contributed by atoms with van der Waals surface area (Å²) >= 11 is 0. The molecular weight excluding hydrogens is 232 g/mol. The zero-order valence-corrected chi connectivity index (χ0v) is 11.4. The van der Waals surface area contributed by atoms with Crippen LogP contribution in [0.15, 0.2) is 60.7 Å². The smallest absolute Gasteiger partial charge is 0.0717 e. The Morgan fingerprint density at radius 1 is 0.947 bits per heavy atom. The van der Waals surface area contributed by atoms with Crippen LogP contribution in [0.1, 0.15) is 23.1 Å². The van der Waals surface area contributed by atoms with Gasteiger partial charge in [0.1, 0.15) is 0 Å². The lowest BCUT2D eigenvalue weighted by molar-refractivity contribution is 0.125. The van der Waals surface area contributed by atoms with Crippen molar-refractivity contribution >= 4 is 6.08 Å². The zero-order chi connectivity index (χ0) is 13.3. The maximum atomic E-state index is 5.64. The molecule has 2 aromatic carbocycles. The Balaban J connectivity index is 1.68. The van der Waals surface area contributed by atoms with Gasteiger partial charge in [-0.2, -0.15) is 0 Å². The molecule has 2 rings (SSSR count). The minimum atomic E-state index is 0.693. The van der Waals surface area contributed by atoms with E-state index < -0.39 is 0 Å². The molecule has 0 bridgehead atoms. The molecule has 0 unspecified atom stereocenters. The first-order valence-electron chi connectivity index (χ1n) is 6.70. The van der Waals surface area contributed by atoms with Crippen LogP contribution in [0.25, 0.3) is 6.08 Å². The van der Waals surface area contributed by atoms with Gasteiger partial charge in [0, 0.05) is 0 Å². The fourth-order valence-corrected chi connectivity index (χ4v) is 1.90. The van der Waals surface area contributed by atoms with Gasteiger partial charge in [-0.1, -0.05) is 66.7 Å². The van der Waals surface area contributed by atoms with Crippen molar-refractivity contribution in [1.29, 1.82) is 0 Å². The Bertz CT molecular complexity index is 514. The Kier molecular flexibility index (Phi) is 5.39. The molecule has 98 valence electrons. The third-order valence-corrected chi connectivity index (χ3v) is 3.03. The molecule has 0 aliphatic rings. The Morgan fingerprint density at radius 2 is 1.68 bits per heavy atom. The second-order valence-electron chi connectivity index (χ2n) is 4.59. The molecule has 1 heteroatoms. The van der Waals surface area contributed by atoms with Crippen LogP contribution in [0.4, 0.5) is 0 Å². The third kappa shape index (κ3) is 4.72. The van der Waals surface area contributed by atoms with Crippen molar-refractivity contribution < 1.29 is 4.74 Å². The molecule has 19 heavy (non-hydrogen) atoms. The van der Waals surface area contributed by atoms with Crippen molar-refractivity contribution in [2.45, 2.75) is 20.0 Å². The molecule has 0 N–H and O–H groups in total. The summed E-state index contributed by atoms with van der Waals surface area (Å²) in [5, 5.41) is 0. The Morgan fingerprint density at radius 3 is 2.47 bits per heavy atom. The summed E-state index contributed by atoms with van der Waals surface area (Å²) in [5.74, 6) is 0. The first kappa shape index (κ1) is 13.6. The number of rotatable bonds is 6. The average molecular weight is 252 g/mol. The fraction of sp³-hybridized carbons (Fsp3) is 0.222. The monoisotopic (exact) mass is 252 g/mol. The summed E-state index contributed by atoms with van der Waals surface area (Å²) < 4.78 is 5.64. The molecule has 0 aromatic heterocycles. The highest BCUT2D eigenvalue weighted by atomic mass is 16.5. The SMILES string of the molecule is Cc1ccccc1C=CCCOCc1ccccc1. The van der Waals surface area contributed by atoms with Crippen LogP contribution in [0, 0.1) is 6.92 Å². The summed E-state index contributed by atoms with van der Waals surface area (Å²) in [5.41, 5.74) is 3.82. The molecule has 1 nitrogen and oxygen atoms in total. The Labute approximate surface area is 115 Å². The first-order valence-corrected chi connectivity index (χ1v) is 6.70. The highest BCUT2D eigenvalue weighted by Gasteiger charge is 1.92. The number of benzene rings is 2. The number of hydrogen-bond acceptors (Lipinski definition) is 1. The molecule has 2 aromatic rings. The van der Waals surface area contributed by atoms with Crippen molar-refractivity contribution in [2.75, 3.05) is 6.61 Å². The molecule has 0 atom stereocenters. The van der Waals surface area contributed by atoms with E-state index >= 15 is 0 Å². The van der Waals surface area contributed by atoms with Gasteiger partial charge in [-0.15, -0.1) is 0 Å². The lowest BCUT2D eigenvalue weighted by Gasteiger charge is -2.02. The van der Waals surface area contributed by atoms with Crippen LogP contribution < -0.4 is 0 Å². The number of hydrogen-bond donors (Lipinski definition) is 0. The second kappa shape index (κ2) is 7.55. The van der Waals surface area contributed by atoms with E-state index in [1.54, 1.807) is 0 Å². The topological polar surface area (TPSA) is 9.23 Å². The predicted molar refractivity (Wildman–Crippen MR) is 80.9 cm³/mol. The van der Waals surface area contributed by atoms with Gasteiger partial charge in [0.05, 0.1) is 13.2 Å². The van der Waals surface area contributed by atoms with E-state index in [1.807, 2.05) is 18.2 Å². The van der Waals surface area contributed by atoms with Crippen molar-refractivity contribution in [3.63, 3.8) is 0 Å². The maximum Gasteiger partial charge on any atom is 0.0717 e. The third-order valence-electron chi connectivity index (χ3n) is 3.03. The van der Waals surface area contributed by atoms with Gasteiger partial charge in [0.25, 0.3) is 0 Å². The highest BCUT2D eigenvalue weighted by molar-refractivity contribution is 5.53. The second-order valence-corrected chi connectivity index (χ2v) is 4.59. The van der Waals surface area contributed by atoms with Crippen LogP contribution in [0.2, 0.25) is 0 Å². The molecule has 0 radical (unpaired) electrons. The van der Waals surface area contributed by atoms with E-state index in [-0.39, 0.29) is 0 Å². The van der Waals surface area contributed by atoms with E-state index in [1.165, 1.54) is 16.7 Å². The van der Waals surface area contributed by atoms with Gasteiger partial charge in [-0.25, -0.2) is 0 Å². The molecule has 0 saturated heterocycles. The minimum absolute atomic E-state index is 0.693. The van der Waals surface area contributed by atoms with Gasteiger partial charge in [-0.05, 0) is 30.0 Å². The van der Waals surface area contributed by atoms with Gasteiger partial charge in [-0.3, -0.25) is 0 Å². The predicted octanol–water partition coefficient (Wildman–Crippen LogP) is 4.62. The van der Waals surface area contributed by atoms with Crippen LogP contribution in [0.5, 0.6) is 0 Å².